The van der Waals surface area contributed by atoms with Gasteiger partial charge in [-0.2, -0.15) is 0 Å². The second kappa shape index (κ2) is 5.16. The maximum Gasteiger partial charge on any atom is 0.137 e. The zero-order valence-corrected chi connectivity index (χ0v) is 9.94. The van der Waals surface area contributed by atoms with Gasteiger partial charge < -0.3 is 15.0 Å². The fraction of sp³-hybridized carbons (Fsp3) is 0.583. The minimum Gasteiger partial charge on any atom is -0.495 e. The van der Waals surface area contributed by atoms with Crippen molar-refractivity contribution in [2.24, 2.45) is 0 Å². The van der Waals surface area contributed by atoms with E-state index in [0.717, 1.165) is 24.7 Å². The van der Waals surface area contributed by atoms with Crippen LogP contribution < -0.4 is 15.0 Å². The maximum absolute atomic E-state index is 5.10. The van der Waals surface area contributed by atoms with Gasteiger partial charge in [-0.15, -0.1) is 0 Å². The second-order valence-electron chi connectivity index (χ2n) is 4.17. The number of rotatable bonds is 3. The molecule has 88 valence electrons. The number of methoxy groups -OCH3 is 1. The number of aromatic nitrogens is 1. The Morgan fingerprint density at radius 2 is 2.38 bits per heavy atom. The lowest BCUT2D eigenvalue weighted by molar-refractivity contribution is 0.412. The van der Waals surface area contributed by atoms with Crippen LogP contribution in [0.3, 0.4) is 0 Å². The van der Waals surface area contributed by atoms with E-state index in [1.165, 1.54) is 12.8 Å². The molecule has 0 amide bonds. The molecule has 4 nitrogen and oxygen atoms in total. The van der Waals surface area contributed by atoms with Crippen molar-refractivity contribution in [2.45, 2.75) is 18.9 Å². The molecule has 1 aromatic heterocycles. The summed E-state index contributed by atoms with van der Waals surface area (Å²) in [5, 5.41) is 3.41. The quantitative estimate of drug-likeness (QED) is 0.834. The highest BCUT2D eigenvalue weighted by atomic mass is 16.5. The molecule has 0 radical (unpaired) electrons. The third kappa shape index (κ3) is 2.44. The highest BCUT2D eigenvalue weighted by molar-refractivity contribution is 5.41. The molecule has 2 heterocycles. The first-order valence-electron chi connectivity index (χ1n) is 5.75. The number of hydrogen-bond acceptors (Lipinski definition) is 4. The number of piperidine rings is 1. The molecule has 1 N–H and O–H groups in total. The first-order chi connectivity index (χ1) is 7.81. The number of nitrogens with zero attached hydrogens (tertiary/aromatic N) is 2. The fourth-order valence-electron chi connectivity index (χ4n) is 2.05. The number of nitrogens with one attached hydrogen (secondary N) is 1. The molecule has 0 bridgehead atoms. The van der Waals surface area contributed by atoms with Crippen LogP contribution in [0.2, 0.25) is 0 Å². The van der Waals surface area contributed by atoms with Crippen molar-refractivity contribution in [1.29, 1.82) is 0 Å². The van der Waals surface area contributed by atoms with E-state index in [0.29, 0.717) is 6.04 Å². The van der Waals surface area contributed by atoms with E-state index in [-0.39, 0.29) is 0 Å². The van der Waals surface area contributed by atoms with Crippen LogP contribution in [0.25, 0.3) is 0 Å². The Morgan fingerprint density at radius 3 is 2.94 bits per heavy atom. The normalized spacial score (nSPS) is 20.5. The van der Waals surface area contributed by atoms with Crippen LogP contribution in [0.15, 0.2) is 18.3 Å². The molecule has 4 heteroatoms. The highest BCUT2D eigenvalue weighted by Crippen LogP contribution is 2.18. The van der Waals surface area contributed by atoms with Crippen LogP contribution in [0.5, 0.6) is 5.75 Å². The average molecular weight is 221 g/mol. The Hall–Kier alpha value is -1.29. The van der Waals surface area contributed by atoms with Gasteiger partial charge in [0.05, 0.1) is 13.3 Å². The van der Waals surface area contributed by atoms with E-state index >= 15 is 0 Å². The van der Waals surface area contributed by atoms with Crippen molar-refractivity contribution in [3.8, 4) is 5.75 Å². The molecule has 1 fully saturated rings. The fourth-order valence-corrected chi connectivity index (χ4v) is 2.05. The first-order valence-corrected chi connectivity index (χ1v) is 5.75. The van der Waals surface area contributed by atoms with E-state index in [4.69, 9.17) is 4.74 Å². The molecule has 16 heavy (non-hydrogen) atoms. The van der Waals surface area contributed by atoms with Crippen molar-refractivity contribution in [3.63, 3.8) is 0 Å². The van der Waals surface area contributed by atoms with Crippen LogP contribution in [-0.4, -0.2) is 38.3 Å². The maximum atomic E-state index is 5.10. The molecule has 2 rings (SSSR count). The molecule has 0 spiro atoms. The predicted molar refractivity (Wildman–Crippen MR) is 65.1 cm³/mol. The number of hydrogen-bond donors (Lipinski definition) is 1. The third-order valence-electron chi connectivity index (χ3n) is 3.14. The molecule has 1 unspecified atom stereocenters. The van der Waals surface area contributed by atoms with E-state index in [1.54, 1.807) is 13.3 Å². The number of pyridine rings is 1. The monoisotopic (exact) mass is 221 g/mol. The lowest BCUT2D eigenvalue weighted by Gasteiger charge is -2.32. The van der Waals surface area contributed by atoms with Crippen LogP contribution in [0, 0.1) is 0 Å². The molecule has 1 saturated heterocycles. The summed E-state index contributed by atoms with van der Waals surface area (Å²) in [4.78, 5) is 6.64. The van der Waals surface area contributed by atoms with Gasteiger partial charge in [0, 0.05) is 19.6 Å². The van der Waals surface area contributed by atoms with Gasteiger partial charge in [-0.25, -0.2) is 4.98 Å². The molecule has 1 aromatic rings. The van der Waals surface area contributed by atoms with E-state index in [2.05, 4.69) is 22.2 Å². The SMILES string of the molecule is COc1ccc(N(C)C2CCCNC2)nc1. The molecule has 0 aromatic carbocycles. The van der Waals surface area contributed by atoms with Gasteiger partial charge in [-0.1, -0.05) is 0 Å². The molecule has 0 aliphatic carbocycles. The lowest BCUT2D eigenvalue weighted by Crippen LogP contribution is -2.44. The Labute approximate surface area is 96.6 Å². The van der Waals surface area contributed by atoms with E-state index < -0.39 is 0 Å². The topological polar surface area (TPSA) is 37.4 Å². The average Bonchev–Trinajstić information content (AvgIpc) is 2.39. The lowest BCUT2D eigenvalue weighted by atomic mass is 10.1. The van der Waals surface area contributed by atoms with Crippen molar-refractivity contribution >= 4 is 5.82 Å². The van der Waals surface area contributed by atoms with E-state index in [1.807, 2.05) is 12.1 Å². The minimum atomic E-state index is 0.551. The molecule has 0 saturated carbocycles. The van der Waals surface area contributed by atoms with Crippen LogP contribution >= 0.6 is 0 Å². The predicted octanol–water partition coefficient (Wildman–Crippen LogP) is 1.28. The number of likely N-dealkylation sites (N-methyl/N-ethyl adjacent to an activating group) is 1. The zero-order valence-electron chi connectivity index (χ0n) is 9.94. The standard InChI is InChI=1S/C12H19N3O/c1-15(10-4-3-7-13-8-10)12-6-5-11(16-2)9-14-12/h5-6,9-10,13H,3-4,7-8H2,1-2H3. The molecule has 1 atom stereocenters. The van der Waals surface area contributed by atoms with Crippen molar-refractivity contribution < 1.29 is 4.74 Å². The summed E-state index contributed by atoms with van der Waals surface area (Å²) in [7, 11) is 3.76. The van der Waals surface area contributed by atoms with Gasteiger partial charge in [0.1, 0.15) is 11.6 Å². The summed E-state index contributed by atoms with van der Waals surface area (Å²) in [5.41, 5.74) is 0. The second-order valence-corrected chi connectivity index (χ2v) is 4.17. The van der Waals surface area contributed by atoms with Crippen molar-refractivity contribution in [3.05, 3.63) is 18.3 Å². The van der Waals surface area contributed by atoms with Crippen molar-refractivity contribution in [1.82, 2.24) is 10.3 Å². The molecule has 1 aliphatic rings. The summed E-state index contributed by atoms with van der Waals surface area (Å²) in [6.07, 6.45) is 4.24. The Morgan fingerprint density at radius 1 is 1.50 bits per heavy atom. The minimum absolute atomic E-state index is 0.551. The highest BCUT2D eigenvalue weighted by Gasteiger charge is 2.18. The zero-order chi connectivity index (χ0) is 11.4. The Bertz CT molecular complexity index is 320. The van der Waals surface area contributed by atoms with Gasteiger partial charge in [0.25, 0.3) is 0 Å². The molecular weight excluding hydrogens is 202 g/mol. The van der Waals surface area contributed by atoms with Crippen LogP contribution in [0.1, 0.15) is 12.8 Å². The molecule has 1 aliphatic heterocycles. The summed E-state index contributed by atoms with van der Waals surface area (Å²) < 4.78 is 5.10. The van der Waals surface area contributed by atoms with Gasteiger partial charge >= 0.3 is 0 Å². The number of ether oxygens (including phenoxy) is 1. The summed E-state index contributed by atoms with van der Waals surface area (Å²) in [6, 6.07) is 4.51. The van der Waals surface area contributed by atoms with Gasteiger partial charge in [0.2, 0.25) is 0 Å². The van der Waals surface area contributed by atoms with Gasteiger partial charge in [0.15, 0.2) is 0 Å². The Kier molecular flexibility index (Phi) is 3.62. The van der Waals surface area contributed by atoms with Gasteiger partial charge in [-0.05, 0) is 31.5 Å². The summed E-state index contributed by atoms with van der Waals surface area (Å²) in [5.74, 6) is 1.81. The third-order valence-corrected chi connectivity index (χ3v) is 3.14. The van der Waals surface area contributed by atoms with Crippen LogP contribution in [-0.2, 0) is 0 Å². The van der Waals surface area contributed by atoms with E-state index in [9.17, 15) is 0 Å². The van der Waals surface area contributed by atoms with Crippen LogP contribution in [0.4, 0.5) is 5.82 Å². The summed E-state index contributed by atoms with van der Waals surface area (Å²) >= 11 is 0. The largest absolute Gasteiger partial charge is 0.495 e. The smallest absolute Gasteiger partial charge is 0.137 e. The number of anilines is 1. The van der Waals surface area contributed by atoms with Gasteiger partial charge in [-0.3, -0.25) is 0 Å². The summed E-state index contributed by atoms with van der Waals surface area (Å²) in [6.45, 7) is 2.19. The first kappa shape index (κ1) is 11.2. The Balaban J connectivity index is 2.04. The van der Waals surface area contributed by atoms with Crippen molar-refractivity contribution in [2.75, 3.05) is 32.1 Å². The molecular formula is C12H19N3O.